The molecule has 0 radical (unpaired) electrons. The number of oxazole rings is 1. The minimum Gasteiger partial charge on any atom is -0.443 e. The number of benzene rings is 1. The third-order valence-corrected chi connectivity index (χ3v) is 8.46. The molecule has 1 aliphatic heterocycles. The molecule has 0 saturated heterocycles. The highest BCUT2D eigenvalue weighted by molar-refractivity contribution is 7.09. The molecule has 4 amide bonds. The maximum atomic E-state index is 13.5. The van der Waals surface area contributed by atoms with Gasteiger partial charge in [0.25, 0.3) is 17.7 Å². The maximum Gasteiger partial charge on any atom is 0.274 e. The quantitative estimate of drug-likeness (QED) is 0.265. The Balaban J connectivity index is 1.45. The summed E-state index contributed by atoms with van der Waals surface area (Å²) in [6.07, 6.45) is 2.59. The largest absolute Gasteiger partial charge is 0.443 e. The molecule has 4 N–H and O–H groups in total. The Kier molecular flexibility index (Phi) is 10.1. The van der Waals surface area contributed by atoms with Gasteiger partial charge in [-0.2, -0.15) is 0 Å². The van der Waals surface area contributed by atoms with Crippen LogP contribution < -0.4 is 16.0 Å². The number of carbonyl (C=O) groups is 4. The van der Waals surface area contributed by atoms with Crippen molar-refractivity contribution in [2.24, 2.45) is 5.92 Å². The summed E-state index contributed by atoms with van der Waals surface area (Å²) >= 11 is 1.28. The van der Waals surface area contributed by atoms with Gasteiger partial charge in [-0.3, -0.25) is 19.2 Å². The summed E-state index contributed by atoms with van der Waals surface area (Å²) in [6.45, 7) is 6.29. The molecule has 3 aromatic heterocycles. The summed E-state index contributed by atoms with van der Waals surface area (Å²) in [6, 6.07) is 12.0. The summed E-state index contributed by atoms with van der Waals surface area (Å²) in [7, 11) is 0. The zero-order valence-electron chi connectivity index (χ0n) is 25.5. The molecule has 4 aromatic rings. The van der Waals surface area contributed by atoms with Gasteiger partial charge >= 0.3 is 0 Å². The van der Waals surface area contributed by atoms with Gasteiger partial charge in [-0.1, -0.05) is 44.2 Å². The summed E-state index contributed by atoms with van der Waals surface area (Å²) in [5, 5.41) is 11.1. The van der Waals surface area contributed by atoms with Crippen LogP contribution in [-0.4, -0.2) is 63.1 Å². The van der Waals surface area contributed by atoms with Crippen LogP contribution in [0.4, 0.5) is 0 Å². The first-order valence-electron chi connectivity index (χ1n) is 15.0. The first-order valence-corrected chi connectivity index (χ1v) is 15.8. The highest BCUT2D eigenvalue weighted by Gasteiger charge is 2.29. The van der Waals surface area contributed by atoms with Crippen molar-refractivity contribution in [1.29, 1.82) is 0 Å². The van der Waals surface area contributed by atoms with E-state index < -0.39 is 18.0 Å². The van der Waals surface area contributed by atoms with Crippen molar-refractivity contribution in [2.45, 2.75) is 52.1 Å². The molecular weight excluding hydrogens is 594 g/mol. The second-order valence-corrected chi connectivity index (χ2v) is 12.2. The third kappa shape index (κ3) is 7.85. The number of rotatable bonds is 4. The van der Waals surface area contributed by atoms with E-state index in [0.29, 0.717) is 35.8 Å². The van der Waals surface area contributed by atoms with Crippen LogP contribution in [0.15, 0.2) is 58.5 Å². The number of H-pyrrole nitrogens is 1. The normalized spacial score (nSPS) is 18.7. The van der Waals surface area contributed by atoms with Gasteiger partial charge in [-0.05, 0) is 37.0 Å². The maximum absolute atomic E-state index is 13.5. The summed E-state index contributed by atoms with van der Waals surface area (Å²) < 4.78 is 5.99. The Morgan fingerprint density at radius 2 is 1.84 bits per heavy atom. The number of hydrogen-bond donors (Lipinski definition) is 4. The van der Waals surface area contributed by atoms with Crippen LogP contribution in [0.3, 0.4) is 0 Å². The SMILES string of the molecule is Cc1oc2nc1C(=O)N[C@@H](C(C)C)c1nc(cs1)C(=O)NCCN(C(=O)c1ccc[nH]1)CCCC(=O)N[C@H]2Cc1ccccc1. The number of aryl methyl sites for hydroxylation is 1. The molecule has 236 valence electrons. The van der Waals surface area contributed by atoms with E-state index in [1.165, 1.54) is 11.3 Å². The van der Waals surface area contributed by atoms with Gasteiger partial charge in [-0.25, -0.2) is 9.97 Å². The number of nitrogens with one attached hydrogen (secondary N) is 4. The molecule has 0 spiro atoms. The van der Waals surface area contributed by atoms with Gasteiger partial charge in [0, 0.05) is 44.1 Å². The van der Waals surface area contributed by atoms with Crippen molar-refractivity contribution in [2.75, 3.05) is 19.6 Å². The van der Waals surface area contributed by atoms with Gasteiger partial charge in [0.05, 0.1) is 6.04 Å². The number of hydrogen-bond acceptors (Lipinski definition) is 8. The van der Waals surface area contributed by atoms with Crippen LogP contribution in [0.1, 0.15) is 92.5 Å². The molecule has 12 nitrogen and oxygen atoms in total. The van der Waals surface area contributed by atoms with Crippen molar-refractivity contribution in [3.8, 4) is 0 Å². The minimum absolute atomic E-state index is 0.0433. The molecule has 0 unspecified atom stereocenters. The van der Waals surface area contributed by atoms with E-state index in [1.807, 2.05) is 44.2 Å². The second-order valence-electron chi connectivity index (χ2n) is 11.3. The molecule has 4 heterocycles. The Labute approximate surface area is 265 Å². The Morgan fingerprint density at radius 3 is 2.58 bits per heavy atom. The molecule has 5 rings (SSSR count). The summed E-state index contributed by atoms with van der Waals surface area (Å²) in [5.41, 5.74) is 1.73. The van der Waals surface area contributed by atoms with E-state index in [-0.39, 0.29) is 60.4 Å². The fourth-order valence-corrected chi connectivity index (χ4v) is 6.15. The molecule has 13 heteroatoms. The topological polar surface area (TPSA) is 162 Å². The Bertz CT molecular complexity index is 1630. The zero-order chi connectivity index (χ0) is 31.9. The summed E-state index contributed by atoms with van der Waals surface area (Å²) in [5.74, 6) is -0.789. The smallest absolute Gasteiger partial charge is 0.274 e. The number of fused-ring (bicyclic) bond motifs is 4. The van der Waals surface area contributed by atoms with Gasteiger partial charge in [0.1, 0.15) is 28.2 Å². The molecule has 0 saturated carbocycles. The van der Waals surface area contributed by atoms with Gasteiger partial charge in [-0.15, -0.1) is 11.3 Å². The molecule has 4 bridgehead atoms. The van der Waals surface area contributed by atoms with Crippen molar-refractivity contribution < 1.29 is 23.6 Å². The van der Waals surface area contributed by atoms with E-state index in [1.54, 1.807) is 35.5 Å². The van der Waals surface area contributed by atoms with Crippen LogP contribution in [0.2, 0.25) is 0 Å². The lowest BCUT2D eigenvalue weighted by molar-refractivity contribution is -0.122. The lowest BCUT2D eigenvalue weighted by Gasteiger charge is -2.23. The standard InChI is InChI=1S/C32H37N7O5S/c1-19(2)26-31-36-24(18-45-31)28(41)34-14-16-39(32(43)22-11-7-13-33-22)15-8-12-25(40)35-23(17-21-9-5-4-6-10-21)30-38-27(20(3)44-30)29(42)37-26/h4-7,9-11,13,18-19,23,26,33H,8,12,14-17H2,1-3H3,(H,34,41)(H,35,40)(H,37,42)/t23-,26-/m0/s1. The predicted molar refractivity (Wildman–Crippen MR) is 168 cm³/mol. The lowest BCUT2D eigenvalue weighted by atomic mass is 10.0. The molecule has 0 fully saturated rings. The average Bonchev–Trinajstić information content (AvgIpc) is 3.80. The fourth-order valence-electron chi connectivity index (χ4n) is 5.12. The predicted octanol–water partition coefficient (Wildman–Crippen LogP) is 3.96. The van der Waals surface area contributed by atoms with Gasteiger partial charge in [0.15, 0.2) is 5.69 Å². The van der Waals surface area contributed by atoms with Crippen LogP contribution in [-0.2, 0) is 11.2 Å². The van der Waals surface area contributed by atoms with Gasteiger partial charge in [0.2, 0.25) is 11.8 Å². The summed E-state index contributed by atoms with van der Waals surface area (Å²) in [4.78, 5) is 66.5. The Hall–Kier alpha value is -4.78. The molecule has 1 aliphatic rings. The molecular formula is C32H37N7O5S. The van der Waals surface area contributed by atoms with E-state index in [9.17, 15) is 19.2 Å². The number of nitrogens with zero attached hydrogens (tertiary/aromatic N) is 3. The number of amides is 4. The molecule has 2 atom stereocenters. The van der Waals surface area contributed by atoms with Crippen molar-refractivity contribution in [3.63, 3.8) is 0 Å². The number of thiazole rings is 1. The van der Waals surface area contributed by atoms with Crippen LogP contribution in [0.5, 0.6) is 0 Å². The first-order chi connectivity index (χ1) is 21.7. The van der Waals surface area contributed by atoms with Crippen LogP contribution in [0, 0.1) is 12.8 Å². The number of carbonyl (C=O) groups excluding carboxylic acids is 4. The van der Waals surface area contributed by atoms with Crippen LogP contribution in [0.25, 0.3) is 0 Å². The number of aromatic amines is 1. The monoisotopic (exact) mass is 631 g/mol. The zero-order valence-corrected chi connectivity index (χ0v) is 26.3. The van der Waals surface area contributed by atoms with Gasteiger partial charge < -0.3 is 30.3 Å². The lowest BCUT2D eigenvalue weighted by Crippen LogP contribution is -2.40. The molecule has 0 aliphatic carbocycles. The molecule has 45 heavy (non-hydrogen) atoms. The fraction of sp³-hybridized carbons (Fsp3) is 0.375. The van der Waals surface area contributed by atoms with E-state index in [0.717, 1.165) is 5.56 Å². The minimum atomic E-state index is -0.625. The highest BCUT2D eigenvalue weighted by atomic mass is 32.1. The van der Waals surface area contributed by atoms with Crippen molar-refractivity contribution in [1.82, 2.24) is 35.8 Å². The van der Waals surface area contributed by atoms with Crippen molar-refractivity contribution in [3.05, 3.63) is 93.3 Å². The first kappa shape index (κ1) is 31.6. The highest BCUT2D eigenvalue weighted by Crippen LogP contribution is 2.27. The second kappa shape index (κ2) is 14.3. The average molecular weight is 632 g/mol. The third-order valence-electron chi connectivity index (χ3n) is 7.53. The van der Waals surface area contributed by atoms with E-state index >= 15 is 0 Å². The Morgan fingerprint density at radius 1 is 1.04 bits per heavy atom. The van der Waals surface area contributed by atoms with E-state index in [2.05, 4.69) is 30.9 Å². The van der Waals surface area contributed by atoms with E-state index in [4.69, 9.17) is 4.42 Å². The molecule has 1 aromatic carbocycles. The number of aromatic nitrogens is 3. The van der Waals surface area contributed by atoms with Crippen molar-refractivity contribution >= 4 is 35.0 Å². The van der Waals surface area contributed by atoms with Crippen LogP contribution >= 0.6 is 11.3 Å².